The predicted molar refractivity (Wildman–Crippen MR) is 112 cm³/mol. The number of carbonyl (C=O) groups excluding carboxylic acids is 1. The molecule has 2 aromatic rings. The van der Waals surface area contributed by atoms with Crippen LogP contribution in [0.5, 0.6) is 11.5 Å². The number of ether oxygens (including phenoxy) is 3. The topological polar surface area (TPSA) is 68.8 Å². The van der Waals surface area contributed by atoms with Crippen LogP contribution in [0.4, 0.5) is 5.69 Å². The lowest BCUT2D eigenvalue weighted by atomic mass is 10.2. The van der Waals surface area contributed by atoms with Gasteiger partial charge in [-0.3, -0.25) is 10.1 Å². The molecule has 148 valence electrons. The number of carbonyl (C=O) groups is 1. The maximum atomic E-state index is 12.5. The highest BCUT2D eigenvalue weighted by molar-refractivity contribution is 7.80. The fraction of sp³-hybridized carbons (Fsp3) is 0.333. The number of anilines is 1. The maximum Gasteiger partial charge on any atom is 0.261 e. The number of thiocarbonyl (C=S) groups is 1. The number of hydrogen-bond acceptors (Lipinski definition) is 5. The van der Waals surface area contributed by atoms with Gasteiger partial charge in [0.1, 0.15) is 18.1 Å². The van der Waals surface area contributed by atoms with Crippen LogP contribution in [-0.2, 0) is 4.74 Å². The first-order valence-electron chi connectivity index (χ1n) is 9.34. The van der Waals surface area contributed by atoms with Crippen molar-refractivity contribution in [2.75, 3.05) is 25.1 Å². The summed E-state index contributed by atoms with van der Waals surface area (Å²) < 4.78 is 16.8. The number of benzene rings is 2. The van der Waals surface area contributed by atoms with Crippen molar-refractivity contribution in [1.29, 1.82) is 0 Å². The molecule has 2 aromatic carbocycles. The van der Waals surface area contributed by atoms with E-state index in [9.17, 15) is 4.79 Å². The zero-order valence-corrected chi connectivity index (χ0v) is 16.6. The Morgan fingerprint density at radius 1 is 1.21 bits per heavy atom. The Labute approximate surface area is 170 Å². The van der Waals surface area contributed by atoms with E-state index >= 15 is 0 Å². The Morgan fingerprint density at radius 2 is 2.07 bits per heavy atom. The highest BCUT2D eigenvalue weighted by Gasteiger charge is 2.16. The summed E-state index contributed by atoms with van der Waals surface area (Å²) in [6, 6.07) is 14.5. The van der Waals surface area contributed by atoms with Gasteiger partial charge in [-0.2, -0.15) is 0 Å². The number of hydrogen-bond donors (Lipinski definition) is 2. The third-order valence-electron chi connectivity index (χ3n) is 4.21. The summed E-state index contributed by atoms with van der Waals surface area (Å²) >= 11 is 5.27. The Morgan fingerprint density at radius 3 is 2.86 bits per heavy atom. The highest BCUT2D eigenvalue weighted by atomic mass is 32.1. The van der Waals surface area contributed by atoms with E-state index < -0.39 is 0 Å². The highest BCUT2D eigenvalue weighted by Crippen LogP contribution is 2.20. The van der Waals surface area contributed by atoms with Crippen LogP contribution >= 0.6 is 12.2 Å². The molecule has 1 fully saturated rings. The van der Waals surface area contributed by atoms with Crippen LogP contribution in [0.3, 0.4) is 0 Å². The first-order chi connectivity index (χ1) is 13.7. The largest absolute Gasteiger partial charge is 0.493 e. The van der Waals surface area contributed by atoms with Gasteiger partial charge in [-0.15, -0.1) is 0 Å². The van der Waals surface area contributed by atoms with Crippen molar-refractivity contribution in [2.24, 2.45) is 0 Å². The molecule has 1 heterocycles. The molecular formula is C21H24N2O4S. The lowest BCUT2D eigenvalue weighted by Crippen LogP contribution is -2.34. The fourth-order valence-electron chi connectivity index (χ4n) is 2.90. The molecule has 0 saturated carbocycles. The number of nitrogens with one attached hydrogen (secondary N) is 2. The van der Waals surface area contributed by atoms with Gasteiger partial charge >= 0.3 is 0 Å². The predicted octanol–water partition coefficient (Wildman–Crippen LogP) is 3.77. The first-order valence-corrected chi connectivity index (χ1v) is 9.75. The SMILES string of the molecule is CCOc1ccccc1C(=O)NC(=S)Nc1cccc(OCC2CCCO2)c1. The molecule has 0 bridgehead atoms. The van der Waals surface area contributed by atoms with E-state index in [2.05, 4.69) is 10.6 Å². The second kappa shape index (κ2) is 10.1. The standard InChI is InChI=1S/C21H24N2O4S/c1-2-25-19-11-4-3-10-18(19)20(24)23-21(28)22-15-7-5-8-16(13-15)27-14-17-9-6-12-26-17/h3-5,7-8,10-11,13,17H,2,6,9,12,14H2,1H3,(H2,22,23,24,28). The van der Waals surface area contributed by atoms with Gasteiger partial charge in [0, 0.05) is 18.4 Å². The smallest absolute Gasteiger partial charge is 0.261 e. The number of rotatable bonds is 7. The van der Waals surface area contributed by atoms with E-state index in [1.165, 1.54) is 0 Å². The van der Waals surface area contributed by atoms with Crippen LogP contribution in [0.15, 0.2) is 48.5 Å². The Bertz CT molecular complexity index is 822. The van der Waals surface area contributed by atoms with Gasteiger partial charge in [-0.05, 0) is 56.2 Å². The van der Waals surface area contributed by atoms with E-state index in [0.717, 1.165) is 30.9 Å². The van der Waals surface area contributed by atoms with Crippen LogP contribution in [-0.4, -0.2) is 36.9 Å². The van der Waals surface area contributed by atoms with Gasteiger partial charge in [0.05, 0.1) is 18.3 Å². The van der Waals surface area contributed by atoms with Crippen LogP contribution in [0, 0.1) is 0 Å². The molecule has 1 aliphatic rings. The second-order valence-electron chi connectivity index (χ2n) is 6.31. The molecule has 0 radical (unpaired) electrons. The monoisotopic (exact) mass is 400 g/mol. The van der Waals surface area contributed by atoms with Crippen molar-refractivity contribution in [3.05, 3.63) is 54.1 Å². The third-order valence-corrected chi connectivity index (χ3v) is 4.41. The molecule has 0 aliphatic carbocycles. The molecule has 1 atom stereocenters. The molecule has 3 rings (SSSR count). The average molecular weight is 401 g/mol. The Balaban J connectivity index is 1.55. The van der Waals surface area contributed by atoms with Crippen molar-refractivity contribution >= 4 is 28.9 Å². The van der Waals surface area contributed by atoms with Crippen molar-refractivity contribution in [3.63, 3.8) is 0 Å². The zero-order chi connectivity index (χ0) is 19.8. The summed E-state index contributed by atoms with van der Waals surface area (Å²) in [6.45, 7) is 3.68. The summed E-state index contributed by atoms with van der Waals surface area (Å²) in [4.78, 5) is 12.5. The van der Waals surface area contributed by atoms with Crippen molar-refractivity contribution in [3.8, 4) is 11.5 Å². The summed E-state index contributed by atoms with van der Waals surface area (Å²) in [7, 11) is 0. The van der Waals surface area contributed by atoms with Crippen LogP contribution < -0.4 is 20.1 Å². The van der Waals surface area contributed by atoms with E-state index in [1.54, 1.807) is 18.2 Å². The molecule has 1 amide bonds. The molecule has 1 saturated heterocycles. The first kappa shape index (κ1) is 20.1. The molecule has 28 heavy (non-hydrogen) atoms. The van der Waals surface area contributed by atoms with Gasteiger partial charge < -0.3 is 19.5 Å². The van der Waals surface area contributed by atoms with Crippen LogP contribution in [0.25, 0.3) is 0 Å². The molecule has 2 N–H and O–H groups in total. The van der Waals surface area contributed by atoms with Crippen LogP contribution in [0.1, 0.15) is 30.1 Å². The van der Waals surface area contributed by atoms with E-state index in [0.29, 0.717) is 24.5 Å². The van der Waals surface area contributed by atoms with Gasteiger partial charge in [0.2, 0.25) is 0 Å². The molecule has 6 nitrogen and oxygen atoms in total. The lowest BCUT2D eigenvalue weighted by molar-refractivity contribution is 0.0680. The van der Waals surface area contributed by atoms with Gasteiger partial charge in [-0.1, -0.05) is 18.2 Å². The maximum absolute atomic E-state index is 12.5. The summed E-state index contributed by atoms with van der Waals surface area (Å²) in [6.07, 6.45) is 2.26. The van der Waals surface area contributed by atoms with E-state index in [-0.39, 0.29) is 17.1 Å². The van der Waals surface area contributed by atoms with Gasteiger partial charge in [0.25, 0.3) is 5.91 Å². The van der Waals surface area contributed by atoms with Gasteiger partial charge in [-0.25, -0.2) is 0 Å². The molecule has 7 heteroatoms. The van der Waals surface area contributed by atoms with Crippen molar-refractivity contribution < 1.29 is 19.0 Å². The minimum absolute atomic E-state index is 0.155. The normalized spacial score (nSPS) is 15.7. The Kier molecular flexibility index (Phi) is 7.22. The molecular weight excluding hydrogens is 376 g/mol. The minimum atomic E-state index is -0.327. The van der Waals surface area contributed by atoms with Gasteiger partial charge in [0.15, 0.2) is 5.11 Å². The zero-order valence-electron chi connectivity index (χ0n) is 15.8. The summed E-state index contributed by atoms with van der Waals surface area (Å²) in [5, 5.41) is 5.89. The van der Waals surface area contributed by atoms with E-state index in [4.69, 9.17) is 26.4 Å². The lowest BCUT2D eigenvalue weighted by Gasteiger charge is -2.14. The van der Waals surface area contributed by atoms with E-state index in [1.807, 2.05) is 37.3 Å². The van der Waals surface area contributed by atoms with Crippen molar-refractivity contribution in [2.45, 2.75) is 25.9 Å². The third kappa shape index (κ3) is 5.68. The number of amides is 1. The molecule has 1 aliphatic heterocycles. The minimum Gasteiger partial charge on any atom is -0.493 e. The quantitative estimate of drug-likeness (QED) is 0.690. The second-order valence-corrected chi connectivity index (χ2v) is 6.72. The fourth-order valence-corrected chi connectivity index (χ4v) is 3.11. The van der Waals surface area contributed by atoms with Crippen LogP contribution in [0.2, 0.25) is 0 Å². The van der Waals surface area contributed by atoms with Crippen molar-refractivity contribution in [1.82, 2.24) is 5.32 Å². The summed E-state index contributed by atoms with van der Waals surface area (Å²) in [5.74, 6) is 0.915. The Hall–Kier alpha value is -2.64. The average Bonchev–Trinajstić information content (AvgIpc) is 3.21. The number of para-hydroxylation sites is 1. The molecule has 0 spiro atoms. The molecule has 0 aromatic heterocycles. The molecule has 1 unspecified atom stereocenters. The summed E-state index contributed by atoms with van der Waals surface area (Å²) in [5.41, 5.74) is 1.16.